The Morgan fingerprint density at radius 2 is 1.96 bits per heavy atom. The molecule has 1 fully saturated rings. The van der Waals surface area contributed by atoms with Gasteiger partial charge in [0.2, 0.25) is 10.0 Å². The summed E-state index contributed by atoms with van der Waals surface area (Å²) in [7, 11) is -3.20. The van der Waals surface area contributed by atoms with Gasteiger partial charge in [0.15, 0.2) is 0 Å². The summed E-state index contributed by atoms with van der Waals surface area (Å²) in [5.41, 5.74) is 2.13. The van der Waals surface area contributed by atoms with Crippen LogP contribution < -0.4 is 9.62 Å². The summed E-state index contributed by atoms with van der Waals surface area (Å²) in [6, 6.07) is 6.73. The first-order valence-electron chi connectivity index (χ1n) is 7.23. The van der Waals surface area contributed by atoms with Gasteiger partial charge in [-0.15, -0.1) is 0 Å². The highest BCUT2D eigenvalue weighted by Crippen LogP contribution is 2.25. The van der Waals surface area contributed by atoms with E-state index in [9.17, 15) is 13.2 Å². The zero-order valence-corrected chi connectivity index (χ0v) is 13.7. The van der Waals surface area contributed by atoms with E-state index in [1.165, 1.54) is 4.31 Å². The van der Waals surface area contributed by atoms with Crippen molar-refractivity contribution in [3.63, 3.8) is 0 Å². The lowest BCUT2D eigenvalue weighted by molar-refractivity contribution is 0.102. The fourth-order valence-electron chi connectivity index (χ4n) is 2.64. The number of sulfonamides is 1. The molecule has 122 valence electrons. The van der Waals surface area contributed by atoms with E-state index < -0.39 is 10.0 Å². The maximum Gasteiger partial charge on any atom is 0.261 e. The van der Waals surface area contributed by atoms with Crippen LogP contribution in [0, 0.1) is 13.8 Å². The summed E-state index contributed by atoms with van der Waals surface area (Å²) < 4.78 is 30.2. The van der Waals surface area contributed by atoms with Gasteiger partial charge in [-0.05, 0) is 44.5 Å². The van der Waals surface area contributed by atoms with Crippen LogP contribution in [0.2, 0.25) is 0 Å². The van der Waals surface area contributed by atoms with Crippen LogP contribution in [0.3, 0.4) is 0 Å². The molecule has 1 aromatic heterocycles. The number of amides is 1. The SMILES string of the molecule is Cc1noc(C)c1C(=O)Nc1ccc(N2CCCS2(=O)=O)cc1. The third-order valence-corrected chi connectivity index (χ3v) is 5.64. The van der Waals surface area contributed by atoms with E-state index in [0.717, 1.165) is 0 Å². The van der Waals surface area contributed by atoms with Gasteiger partial charge < -0.3 is 9.84 Å². The van der Waals surface area contributed by atoms with Crippen molar-refractivity contribution >= 4 is 27.3 Å². The Hall–Kier alpha value is -2.35. The van der Waals surface area contributed by atoms with Gasteiger partial charge in [-0.25, -0.2) is 8.42 Å². The number of hydrogen-bond donors (Lipinski definition) is 1. The third-order valence-electron chi connectivity index (χ3n) is 3.77. The molecule has 1 aliphatic rings. The van der Waals surface area contributed by atoms with E-state index in [0.29, 0.717) is 41.4 Å². The molecule has 0 unspecified atom stereocenters. The van der Waals surface area contributed by atoms with Crippen LogP contribution in [0.4, 0.5) is 11.4 Å². The largest absolute Gasteiger partial charge is 0.361 e. The minimum absolute atomic E-state index is 0.178. The molecule has 0 radical (unpaired) electrons. The molecule has 0 atom stereocenters. The van der Waals surface area contributed by atoms with Crippen LogP contribution in [-0.4, -0.2) is 31.8 Å². The standard InChI is InChI=1S/C15H17N3O4S/c1-10-14(11(2)22-17-10)15(19)16-12-4-6-13(7-5-12)18-8-3-9-23(18,20)21/h4-7H,3,8-9H2,1-2H3,(H,16,19). The molecule has 2 aromatic rings. The summed E-state index contributed by atoms with van der Waals surface area (Å²) in [5, 5.41) is 6.51. The molecule has 7 nitrogen and oxygen atoms in total. The molecule has 1 saturated heterocycles. The highest BCUT2D eigenvalue weighted by molar-refractivity contribution is 7.93. The molecule has 0 spiro atoms. The van der Waals surface area contributed by atoms with Crippen LogP contribution >= 0.6 is 0 Å². The van der Waals surface area contributed by atoms with Crippen LogP contribution in [0.25, 0.3) is 0 Å². The van der Waals surface area contributed by atoms with E-state index in [-0.39, 0.29) is 11.7 Å². The van der Waals surface area contributed by atoms with Crippen molar-refractivity contribution in [2.45, 2.75) is 20.3 Å². The summed E-state index contributed by atoms with van der Waals surface area (Å²) in [6.45, 7) is 3.87. The number of nitrogens with zero attached hydrogens (tertiary/aromatic N) is 2. The minimum atomic E-state index is -3.20. The molecule has 0 saturated carbocycles. The lowest BCUT2D eigenvalue weighted by atomic mass is 10.2. The summed E-state index contributed by atoms with van der Waals surface area (Å²) in [5.74, 6) is 0.333. The van der Waals surface area contributed by atoms with Crippen molar-refractivity contribution in [2.24, 2.45) is 0 Å². The zero-order chi connectivity index (χ0) is 16.6. The Morgan fingerprint density at radius 3 is 2.48 bits per heavy atom. The second kappa shape index (κ2) is 5.69. The Bertz CT molecular complexity index is 821. The number of carbonyl (C=O) groups excluding carboxylic acids is 1. The number of hydrogen-bond acceptors (Lipinski definition) is 5. The minimum Gasteiger partial charge on any atom is -0.361 e. The molecular formula is C15H17N3O4S. The normalized spacial score (nSPS) is 16.5. The van der Waals surface area contributed by atoms with E-state index in [4.69, 9.17) is 4.52 Å². The quantitative estimate of drug-likeness (QED) is 0.927. The first-order chi connectivity index (χ1) is 10.9. The highest BCUT2D eigenvalue weighted by atomic mass is 32.2. The van der Waals surface area contributed by atoms with Crippen molar-refractivity contribution in [2.75, 3.05) is 21.9 Å². The van der Waals surface area contributed by atoms with Gasteiger partial charge in [-0.3, -0.25) is 9.10 Å². The summed E-state index contributed by atoms with van der Waals surface area (Å²) in [6.07, 6.45) is 0.632. The van der Waals surface area contributed by atoms with Crippen LogP contribution in [-0.2, 0) is 10.0 Å². The number of anilines is 2. The van der Waals surface area contributed by atoms with Crippen LogP contribution in [0.1, 0.15) is 28.2 Å². The molecule has 1 aliphatic heterocycles. The van der Waals surface area contributed by atoms with E-state index >= 15 is 0 Å². The Kier molecular flexibility index (Phi) is 3.85. The Balaban J connectivity index is 1.77. The van der Waals surface area contributed by atoms with Crippen molar-refractivity contribution in [3.05, 3.63) is 41.3 Å². The number of benzene rings is 1. The molecule has 3 rings (SSSR count). The summed E-state index contributed by atoms with van der Waals surface area (Å²) in [4.78, 5) is 12.2. The predicted molar refractivity (Wildman–Crippen MR) is 86.1 cm³/mol. The van der Waals surface area contributed by atoms with Crippen LogP contribution in [0.5, 0.6) is 0 Å². The van der Waals surface area contributed by atoms with Crippen molar-refractivity contribution in [1.29, 1.82) is 0 Å². The molecule has 2 heterocycles. The zero-order valence-electron chi connectivity index (χ0n) is 12.9. The monoisotopic (exact) mass is 335 g/mol. The average Bonchev–Trinajstić information content (AvgIpc) is 3.01. The second-order valence-electron chi connectivity index (χ2n) is 5.44. The molecule has 23 heavy (non-hydrogen) atoms. The number of aryl methyl sites for hydroxylation is 2. The number of carbonyl (C=O) groups is 1. The van der Waals surface area contributed by atoms with Gasteiger partial charge in [0, 0.05) is 12.2 Å². The van der Waals surface area contributed by atoms with Gasteiger partial charge in [-0.2, -0.15) is 0 Å². The second-order valence-corrected chi connectivity index (χ2v) is 7.45. The maximum absolute atomic E-state index is 12.2. The van der Waals surface area contributed by atoms with Gasteiger partial charge in [0.25, 0.3) is 5.91 Å². The van der Waals surface area contributed by atoms with E-state index in [2.05, 4.69) is 10.5 Å². The molecule has 1 aromatic carbocycles. The first-order valence-corrected chi connectivity index (χ1v) is 8.84. The smallest absolute Gasteiger partial charge is 0.261 e. The first kappa shape index (κ1) is 15.5. The third kappa shape index (κ3) is 2.94. The molecule has 0 aliphatic carbocycles. The molecular weight excluding hydrogens is 318 g/mol. The van der Waals surface area contributed by atoms with Crippen LogP contribution in [0.15, 0.2) is 28.8 Å². The molecule has 0 bridgehead atoms. The lowest BCUT2D eigenvalue weighted by Gasteiger charge is -2.17. The van der Waals surface area contributed by atoms with Crippen molar-refractivity contribution in [1.82, 2.24) is 5.16 Å². The fraction of sp³-hybridized carbons (Fsp3) is 0.333. The van der Waals surface area contributed by atoms with Gasteiger partial charge >= 0.3 is 0 Å². The molecule has 1 N–H and O–H groups in total. The van der Waals surface area contributed by atoms with E-state index in [1.807, 2.05) is 0 Å². The highest BCUT2D eigenvalue weighted by Gasteiger charge is 2.28. The average molecular weight is 335 g/mol. The lowest BCUT2D eigenvalue weighted by Crippen LogP contribution is -2.25. The fourth-order valence-corrected chi connectivity index (χ4v) is 4.21. The van der Waals surface area contributed by atoms with Gasteiger partial charge in [0.05, 0.1) is 17.1 Å². The number of nitrogens with one attached hydrogen (secondary N) is 1. The van der Waals surface area contributed by atoms with Crippen molar-refractivity contribution < 1.29 is 17.7 Å². The predicted octanol–water partition coefficient (Wildman–Crippen LogP) is 2.08. The number of rotatable bonds is 3. The number of aromatic nitrogens is 1. The maximum atomic E-state index is 12.2. The summed E-state index contributed by atoms with van der Waals surface area (Å²) >= 11 is 0. The Labute approximate surface area is 134 Å². The van der Waals surface area contributed by atoms with Gasteiger partial charge in [0.1, 0.15) is 11.3 Å². The van der Waals surface area contributed by atoms with Crippen molar-refractivity contribution in [3.8, 4) is 0 Å². The topological polar surface area (TPSA) is 92.5 Å². The van der Waals surface area contributed by atoms with E-state index in [1.54, 1.807) is 38.1 Å². The molecule has 1 amide bonds. The molecule has 8 heteroatoms. The Morgan fingerprint density at radius 1 is 1.26 bits per heavy atom. The van der Waals surface area contributed by atoms with Gasteiger partial charge in [-0.1, -0.05) is 5.16 Å².